The molecule has 1 saturated heterocycles. The Kier molecular flexibility index (Phi) is 5.22. The fourth-order valence-corrected chi connectivity index (χ4v) is 4.50. The minimum atomic E-state index is -3.53. The summed E-state index contributed by atoms with van der Waals surface area (Å²) < 4.78 is 41.3. The van der Waals surface area contributed by atoms with Crippen molar-refractivity contribution in [3.8, 4) is 11.1 Å². The van der Waals surface area contributed by atoms with Gasteiger partial charge in [0.25, 0.3) is 0 Å². The molecule has 1 fully saturated rings. The molecule has 1 heterocycles. The monoisotopic (exact) mass is 362 g/mol. The third-order valence-electron chi connectivity index (χ3n) is 4.70. The van der Waals surface area contributed by atoms with Crippen LogP contribution in [-0.4, -0.2) is 50.8 Å². The van der Waals surface area contributed by atoms with Gasteiger partial charge < -0.3 is 4.90 Å². The molecule has 2 aromatic rings. The zero-order chi connectivity index (χ0) is 18.0. The molecule has 25 heavy (non-hydrogen) atoms. The van der Waals surface area contributed by atoms with Crippen LogP contribution in [0.15, 0.2) is 47.4 Å². The Morgan fingerprint density at radius 3 is 2.32 bits per heavy atom. The molecule has 1 aliphatic heterocycles. The van der Waals surface area contributed by atoms with Gasteiger partial charge in [0.15, 0.2) is 0 Å². The Morgan fingerprint density at radius 1 is 1.00 bits per heavy atom. The lowest BCUT2D eigenvalue weighted by Gasteiger charge is -2.31. The summed E-state index contributed by atoms with van der Waals surface area (Å²) in [5, 5.41) is 0. The summed E-state index contributed by atoms with van der Waals surface area (Å²) >= 11 is 0. The van der Waals surface area contributed by atoms with Crippen molar-refractivity contribution in [1.82, 2.24) is 9.21 Å². The standard InChI is InChI=1S/C19H23FN2O2S/c1-3-15-7-8-17(14-19(15)20)16-5-4-6-18(13-16)25(23,24)22-11-9-21(2)10-12-22/h4-8,13-14H,3,9-12H2,1-2H3. The summed E-state index contributed by atoms with van der Waals surface area (Å²) in [6, 6.07) is 11.8. The summed E-state index contributed by atoms with van der Waals surface area (Å²) in [6.07, 6.45) is 0.629. The Balaban J connectivity index is 1.92. The van der Waals surface area contributed by atoms with E-state index in [2.05, 4.69) is 4.90 Å². The van der Waals surface area contributed by atoms with E-state index in [0.717, 1.165) is 13.1 Å². The Bertz CT molecular complexity index is 859. The van der Waals surface area contributed by atoms with Crippen molar-refractivity contribution in [1.29, 1.82) is 0 Å². The second-order valence-electron chi connectivity index (χ2n) is 6.39. The van der Waals surface area contributed by atoms with Gasteiger partial charge in [0.2, 0.25) is 10.0 Å². The first-order valence-corrected chi connectivity index (χ1v) is 9.93. The van der Waals surface area contributed by atoms with Gasteiger partial charge in [0.05, 0.1) is 4.90 Å². The van der Waals surface area contributed by atoms with E-state index in [-0.39, 0.29) is 10.7 Å². The van der Waals surface area contributed by atoms with Crippen LogP contribution in [0.2, 0.25) is 0 Å². The maximum absolute atomic E-state index is 14.1. The molecule has 0 bridgehead atoms. The van der Waals surface area contributed by atoms with E-state index < -0.39 is 10.0 Å². The number of likely N-dealkylation sites (N-methyl/N-ethyl adjacent to an activating group) is 1. The van der Waals surface area contributed by atoms with Crippen molar-refractivity contribution >= 4 is 10.0 Å². The largest absolute Gasteiger partial charge is 0.304 e. The zero-order valence-electron chi connectivity index (χ0n) is 14.6. The van der Waals surface area contributed by atoms with Crippen LogP contribution in [-0.2, 0) is 16.4 Å². The van der Waals surface area contributed by atoms with Crippen LogP contribution in [0.4, 0.5) is 4.39 Å². The van der Waals surface area contributed by atoms with E-state index in [1.54, 1.807) is 24.3 Å². The SMILES string of the molecule is CCc1ccc(-c2cccc(S(=O)(=O)N3CCN(C)CC3)c2)cc1F. The molecule has 0 aromatic heterocycles. The van der Waals surface area contributed by atoms with Gasteiger partial charge in [0, 0.05) is 26.2 Å². The predicted octanol–water partition coefficient (Wildman–Crippen LogP) is 2.99. The smallest absolute Gasteiger partial charge is 0.243 e. The summed E-state index contributed by atoms with van der Waals surface area (Å²) in [4.78, 5) is 2.37. The average Bonchev–Trinajstić information content (AvgIpc) is 2.62. The fraction of sp³-hybridized carbons (Fsp3) is 0.368. The minimum Gasteiger partial charge on any atom is -0.304 e. The molecule has 0 atom stereocenters. The number of piperazine rings is 1. The number of aryl methyl sites for hydroxylation is 1. The van der Waals surface area contributed by atoms with Crippen LogP contribution >= 0.6 is 0 Å². The molecule has 3 rings (SSSR count). The predicted molar refractivity (Wildman–Crippen MR) is 97.5 cm³/mol. The number of nitrogens with zero attached hydrogens (tertiary/aromatic N) is 2. The molecule has 0 unspecified atom stereocenters. The van der Waals surface area contributed by atoms with Crippen LogP contribution in [0.25, 0.3) is 11.1 Å². The number of benzene rings is 2. The summed E-state index contributed by atoms with van der Waals surface area (Å²) in [5.74, 6) is -0.257. The van der Waals surface area contributed by atoms with E-state index in [0.29, 0.717) is 36.2 Å². The van der Waals surface area contributed by atoms with Gasteiger partial charge in [-0.3, -0.25) is 0 Å². The highest BCUT2D eigenvalue weighted by Crippen LogP contribution is 2.26. The number of hydrogen-bond donors (Lipinski definition) is 0. The number of rotatable bonds is 4. The quantitative estimate of drug-likeness (QED) is 0.840. The van der Waals surface area contributed by atoms with Crippen molar-refractivity contribution in [3.63, 3.8) is 0 Å². The second-order valence-corrected chi connectivity index (χ2v) is 8.33. The van der Waals surface area contributed by atoms with Crippen LogP contribution in [0, 0.1) is 5.82 Å². The molecular formula is C19H23FN2O2S. The molecule has 0 radical (unpaired) electrons. The Labute approximate surface area is 148 Å². The summed E-state index contributed by atoms with van der Waals surface area (Å²) in [5.41, 5.74) is 2.05. The van der Waals surface area contributed by atoms with E-state index in [9.17, 15) is 12.8 Å². The highest BCUT2D eigenvalue weighted by Gasteiger charge is 2.27. The van der Waals surface area contributed by atoms with E-state index >= 15 is 0 Å². The third-order valence-corrected chi connectivity index (χ3v) is 6.60. The number of halogens is 1. The van der Waals surface area contributed by atoms with Gasteiger partial charge in [-0.1, -0.05) is 31.2 Å². The van der Waals surface area contributed by atoms with E-state index in [1.165, 1.54) is 10.4 Å². The fourth-order valence-electron chi connectivity index (χ4n) is 3.03. The van der Waals surface area contributed by atoms with Crippen molar-refractivity contribution in [2.24, 2.45) is 0 Å². The summed E-state index contributed by atoms with van der Waals surface area (Å²) in [6.45, 7) is 4.33. The lowest BCUT2D eigenvalue weighted by molar-refractivity contribution is 0.222. The van der Waals surface area contributed by atoms with Crippen molar-refractivity contribution in [2.45, 2.75) is 18.2 Å². The van der Waals surface area contributed by atoms with Crippen molar-refractivity contribution in [2.75, 3.05) is 33.2 Å². The molecule has 1 aliphatic rings. The third kappa shape index (κ3) is 3.76. The molecular weight excluding hydrogens is 339 g/mol. The van der Waals surface area contributed by atoms with Gasteiger partial charge in [-0.15, -0.1) is 0 Å². The van der Waals surface area contributed by atoms with Gasteiger partial charge in [-0.2, -0.15) is 4.31 Å². The molecule has 0 spiro atoms. The van der Waals surface area contributed by atoms with Crippen molar-refractivity contribution in [3.05, 3.63) is 53.8 Å². The van der Waals surface area contributed by atoms with Gasteiger partial charge in [0.1, 0.15) is 5.82 Å². The highest BCUT2D eigenvalue weighted by atomic mass is 32.2. The molecule has 134 valence electrons. The molecule has 0 aliphatic carbocycles. The van der Waals surface area contributed by atoms with Crippen LogP contribution in [0.1, 0.15) is 12.5 Å². The first kappa shape index (κ1) is 18.0. The lowest BCUT2D eigenvalue weighted by Crippen LogP contribution is -2.47. The van der Waals surface area contributed by atoms with Crippen LogP contribution in [0.3, 0.4) is 0 Å². The topological polar surface area (TPSA) is 40.6 Å². The Morgan fingerprint density at radius 2 is 1.68 bits per heavy atom. The maximum atomic E-state index is 14.1. The Hall–Kier alpha value is -1.76. The number of sulfonamides is 1. The molecule has 0 amide bonds. The lowest BCUT2D eigenvalue weighted by atomic mass is 10.0. The minimum absolute atomic E-state index is 0.257. The van der Waals surface area contributed by atoms with E-state index in [4.69, 9.17) is 0 Å². The normalized spacial score (nSPS) is 16.9. The van der Waals surface area contributed by atoms with Gasteiger partial charge >= 0.3 is 0 Å². The molecule has 0 saturated carbocycles. The number of hydrogen-bond acceptors (Lipinski definition) is 3. The summed E-state index contributed by atoms with van der Waals surface area (Å²) in [7, 11) is -1.54. The average molecular weight is 362 g/mol. The van der Waals surface area contributed by atoms with Gasteiger partial charge in [-0.05, 0) is 48.4 Å². The van der Waals surface area contributed by atoms with Gasteiger partial charge in [-0.25, -0.2) is 12.8 Å². The first-order valence-electron chi connectivity index (χ1n) is 8.49. The zero-order valence-corrected chi connectivity index (χ0v) is 15.4. The molecule has 4 nitrogen and oxygen atoms in total. The van der Waals surface area contributed by atoms with Crippen LogP contribution in [0.5, 0.6) is 0 Å². The highest BCUT2D eigenvalue weighted by molar-refractivity contribution is 7.89. The first-order chi connectivity index (χ1) is 11.9. The van der Waals surface area contributed by atoms with E-state index in [1.807, 2.05) is 26.1 Å². The second kappa shape index (κ2) is 7.23. The van der Waals surface area contributed by atoms with Crippen LogP contribution < -0.4 is 0 Å². The molecule has 6 heteroatoms. The van der Waals surface area contributed by atoms with Crippen molar-refractivity contribution < 1.29 is 12.8 Å². The maximum Gasteiger partial charge on any atom is 0.243 e. The molecule has 0 N–H and O–H groups in total. The molecule has 2 aromatic carbocycles.